The lowest BCUT2D eigenvalue weighted by Gasteiger charge is -2.29. The van der Waals surface area contributed by atoms with E-state index in [1.54, 1.807) is 0 Å². The molecule has 0 bridgehead atoms. The first-order valence-electron chi connectivity index (χ1n) is 5.37. The summed E-state index contributed by atoms with van der Waals surface area (Å²) in [6.45, 7) is 1.98. The van der Waals surface area contributed by atoms with Gasteiger partial charge in [-0.05, 0) is 24.0 Å². The van der Waals surface area contributed by atoms with Crippen LogP contribution in [-0.2, 0) is 5.54 Å². The highest BCUT2D eigenvalue weighted by Crippen LogP contribution is 2.23. The average molecular weight is 326 g/mol. The smallest absolute Gasteiger partial charge is 0.265 e. The summed E-state index contributed by atoms with van der Waals surface area (Å²) in [6, 6.07) is 9.85. The number of rotatable bonds is 4. The van der Waals surface area contributed by atoms with Crippen molar-refractivity contribution < 1.29 is 4.79 Å². The largest absolute Gasteiger partial charge is 0.341 e. The molecule has 0 aliphatic heterocycles. The van der Waals surface area contributed by atoms with Gasteiger partial charge in [0.05, 0.1) is 11.7 Å². The summed E-state index contributed by atoms with van der Waals surface area (Å²) in [6.07, 6.45) is 1.47. The number of aromatic nitrogens is 2. The van der Waals surface area contributed by atoms with Crippen molar-refractivity contribution >= 4 is 33.4 Å². The Morgan fingerprint density at radius 1 is 1.44 bits per heavy atom. The van der Waals surface area contributed by atoms with Crippen LogP contribution >= 0.6 is 27.5 Å². The van der Waals surface area contributed by atoms with E-state index in [1.807, 2.05) is 37.3 Å². The molecule has 1 aromatic carbocycles. The molecule has 94 valence electrons. The number of amides is 1. The quantitative estimate of drug-likeness (QED) is 0.879. The van der Waals surface area contributed by atoms with E-state index in [2.05, 4.69) is 30.8 Å². The number of hydrogen-bond acceptors (Lipinski definition) is 4. The maximum atomic E-state index is 12.1. The van der Waals surface area contributed by atoms with Crippen molar-refractivity contribution in [1.82, 2.24) is 14.9 Å². The summed E-state index contributed by atoms with van der Waals surface area (Å²) in [5, 5.41) is 7.30. The van der Waals surface area contributed by atoms with Crippen molar-refractivity contribution in [3.05, 3.63) is 47.0 Å². The van der Waals surface area contributed by atoms with Gasteiger partial charge in [0.1, 0.15) is 4.88 Å². The minimum Gasteiger partial charge on any atom is -0.341 e. The summed E-state index contributed by atoms with van der Waals surface area (Å²) >= 11 is 4.55. The Balaban J connectivity index is 2.21. The van der Waals surface area contributed by atoms with E-state index < -0.39 is 5.54 Å². The second-order valence-corrected chi connectivity index (χ2v) is 5.41. The number of alkyl halides is 1. The highest BCUT2D eigenvalue weighted by Gasteiger charge is 2.28. The molecule has 1 aromatic heterocycles. The van der Waals surface area contributed by atoms with Gasteiger partial charge in [-0.25, -0.2) is 0 Å². The standard InChI is InChI=1S/C12H12BrN3OS/c1-12(8-13,9-5-3-2-4-6-9)15-11(17)10-7-14-16-18-10/h2-7H,8H2,1H3,(H,15,17). The number of benzene rings is 1. The van der Waals surface area contributed by atoms with Gasteiger partial charge in [0.15, 0.2) is 0 Å². The Morgan fingerprint density at radius 3 is 2.72 bits per heavy atom. The molecule has 0 spiro atoms. The normalized spacial score (nSPS) is 13.9. The second kappa shape index (κ2) is 5.58. The van der Waals surface area contributed by atoms with Gasteiger partial charge in [-0.1, -0.05) is 50.8 Å². The maximum Gasteiger partial charge on any atom is 0.265 e. The first kappa shape index (κ1) is 13.2. The maximum absolute atomic E-state index is 12.1. The average Bonchev–Trinajstić information content (AvgIpc) is 2.93. The first-order valence-corrected chi connectivity index (χ1v) is 7.26. The molecule has 18 heavy (non-hydrogen) atoms. The highest BCUT2D eigenvalue weighted by atomic mass is 79.9. The van der Waals surface area contributed by atoms with Gasteiger partial charge in [-0.3, -0.25) is 4.79 Å². The molecule has 0 saturated heterocycles. The van der Waals surface area contributed by atoms with Crippen LogP contribution in [0.5, 0.6) is 0 Å². The molecule has 6 heteroatoms. The van der Waals surface area contributed by atoms with Gasteiger partial charge < -0.3 is 5.32 Å². The molecule has 4 nitrogen and oxygen atoms in total. The minimum absolute atomic E-state index is 0.157. The van der Waals surface area contributed by atoms with Crippen molar-refractivity contribution in [3.8, 4) is 0 Å². The van der Waals surface area contributed by atoms with Gasteiger partial charge in [0.2, 0.25) is 0 Å². The second-order valence-electron chi connectivity index (χ2n) is 4.07. The van der Waals surface area contributed by atoms with Crippen LogP contribution in [0.25, 0.3) is 0 Å². The van der Waals surface area contributed by atoms with Crippen LogP contribution in [0.1, 0.15) is 22.2 Å². The number of carbonyl (C=O) groups is 1. The summed E-state index contributed by atoms with van der Waals surface area (Å²) in [5.41, 5.74) is 0.593. The number of nitrogens with one attached hydrogen (secondary N) is 1. The molecule has 0 aliphatic carbocycles. The molecular weight excluding hydrogens is 314 g/mol. The van der Waals surface area contributed by atoms with Crippen LogP contribution in [0, 0.1) is 0 Å². The van der Waals surface area contributed by atoms with Crippen LogP contribution in [0.15, 0.2) is 36.5 Å². The lowest BCUT2D eigenvalue weighted by molar-refractivity contribution is 0.0918. The van der Waals surface area contributed by atoms with Gasteiger partial charge in [-0.15, -0.1) is 5.10 Å². The van der Waals surface area contributed by atoms with Crippen molar-refractivity contribution in [2.45, 2.75) is 12.5 Å². The molecule has 1 atom stereocenters. The van der Waals surface area contributed by atoms with Crippen LogP contribution in [-0.4, -0.2) is 20.8 Å². The summed E-state index contributed by atoms with van der Waals surface area (Å²) in [5.74, 6) is -0.157. The van der Waals surface area contributed by atoms with E-state index >= 15 is 0 Å². The Morgan fingerprint density at radius 2 is 2.17 bits per heavy atom. The zero-order valence-electron chi connectivity index (χ0n) is 9.76. The van der Waals surface area contributed by atoms with E-state index in [0.29, 0.717) is 10.2 Å². The molecule has 0 aliphatic rings. The molecule has 1 unspecified atom stereocenters. The SMILES string of the molecule is CC(CBr)(NC(=O)c1cnns1)c1ccccc1. The molecule has 1 amide bonds. The third-order valence-electron chi connectivity index (χ3n) is 2.65. The molecule has 2 rings (SSSR count). The lowest BCUT2D eigenvalue weighted by atomic mass is 9.94. The van der Waals surface area contributed by atoms with Gasteiger partial charge in [0.25, 0.3) is 5.91 Å². The molecule has 2 aromatic rings. The molecule has 1 N–H and O–H groups in total. The summed E-state index contributed by atoms with van der Waals surface area (Å²) in [7, 11) is 0. The van der Waals surface area contributed by atoms with E-state index in [1.165, 1.54) is 6.20 Å². The number of carbonyl (C=O) groups excluding carboxylic acids is 1. The third-order valence-corrected chi connectivity index (χ3v) is 4.44. The van der Waals surface area contributed by atoms with Crippen molar-refractivity contribution in [2.24, 2.45) is 0 Å². The molecule has 0 fully saturated rings. The molecule has 0 saturated carbocycles. The number of halogens is 1. The zero-order valence-corrected chi connectivity index (χ0v) is 12.2. The first-order chi connectivity index (χ1) is 8.65. The molecular formula is C12H12BrN3OS. The predicted octanol–water partition coefficient (Wildman–Crippen LogP) is 2.58. The van der Waals surface area contributed by atoms with Crippen LogP contribution in [0.4, 0.5) is 0 Å². The van der Waals surface area contributed by atoms with E-state index in [9.17, 15) is 4.79 Å². The Hall–Kier alpha value is -1.27. The fourth-order valence-corrected chi connectivity index (χ4v) is 2.44. The van der Waals surface area contributed by atoms with E-state index in [-0.39, 0.29) is 5.91 Å². The lowest BCUT2D eigenvalue weighted by Crippen LogP contribution is -2.44. The summed E-state index contributed by atoms with van der Waals surface area (Å²) < 4.78 is 3.69. The zero-order chi connectivity index (χ0) is 13.0. The van der Waals surface area contributed by atoms with Gasteiger partial charge >= 0.3 is 0 Å². The third kappa shape index (κ3) is 2.76. The fourth-order valence-electron chi connectivity index (χ4n) is 1.57. The highest BCUT2D eigenvalue weighted by molar-refractivity contribution is 9.09. The van der Waals surface area contributed by atoms with Crippen LogP contribution in [0.3, 0.4) is 0 Å². The molecule has 0 radical (unpaired) electrons. The van der Waals surface area contributed by atoms with Crippen molar-refractivity contribution in [3.63, 3.8) is 0 Å². The topological polar surface area (TPSA) is 54.9 Å². The fraction of sp³-hybridized carbons (Fsp3) is 0.250. The van der Waals surface area contributed by atoms with Crippen molar-refractivity contribution in [1.29, 1.82) is 0 Å². The van der Waals surface area contributed by atoms with Crippen LogP contribution < -0.4 is 5.32 Å². The van der Waals surface area contributed by atoms with Gasteiger partial charge in [-0.2, -0.15) is 0 Å². The van der Waals surface area contributed by atoms with Crippen molar-refractivity contribution in [2.75, 3.05) is 5.33 Å². The van der Waals surface area contributed by atoms with Gasteiger partial charge in [0, 0.05) is 5.33 Å². The Kier molecular flexibility index (Phi) is 4.08. The molecule has 1 heterocycles. The number of hydrogen-bond donors (Lipinski definition) is 1. The Labute approximate surface area is 118 Å². The van der Waals surface area contributed by atoms with E-state index in [4.69, 9.17) is 0 Å². The summed E-state index contributed by atoms with van der Waals surface area (Å²) in [4.78, 5) is 12.6. The Bertz CT molecular complexity index is 517. The van der Waals surface area contributed by atoms with Crippen LogP contribution in [0.2, 0.25) is 0 Å². The predicted molar refractivity (Wildman–Crippen MR) is 75.0 cm³/mol. The minimum atomic E-state index is -0.456. The number of nitrogens with zero attached hydrogens (tertiary/aromatic N) is 2. The monoisotopic (exact) mass is 325 g/mol. The van der Waals surface area contributed by atoms with E-state index in [0.717, 1.165) is 17.1 Å².